The lowest BCUT2D eigenvalue weighted by Crippen LogP contribution is -2.10. The number of anilines is 1. The van der Waals surface area contributed by atoms with Crippen LogP contribution in [0.1, 0.15) is 24.2 Å². The molecular formula is C18H20F2N4O2S. The molecule has 3 rings (SSSR count). The third-order valence-electron chi connectivity index (χ3n) is 4.45. The Labute approximate surface area is 156 Å². The molecular weight excluding hydrogens is 374 g/mol. The molecule has 0 unspecified atom stereocenters. The van der Waals surface area contributed by atoms with Crippen LogP contribution in [0.2, 0.25) is 0 Å². The lowest BCUT2D eigenvalue weighted by atomic mass is 10.2. The molecule has 0 atom stereocenters. The number of pyridine rings is 1. The van der Waals surface area contributed by atoms with Crippen LogP contribution in [-0.2, 0) is 16.4 Å². The minimum atomic E-state index is -3.81. The van der Waals surface area contributed by atoms with Crippen molar-refractivity contribution in [2.45, 2.75) is 38.1 Å². The van der Waals surface area contributed by atoms with Gasteiger partial charge in [0.1, 0.15) is 27.9 Å². The van der Waals surface area contributed by atoms with Gasteiger partial charge in [-0.05, 0) is 44.4 Å². The summed E-state index contributed by atoms with van der Waals surface area (Å²) in [6.45, 7) is 4.31. The van der Waals surface area contributed by atoms with Crippen LogP contribution < -0.4 is 5.73 Å². The number of nitrogens with two attached hydrogens (primary N) is 1. The number of halogens is 2. The van der Waals surface area contributed by atoms with E-state index in [1.807, 2.05) is 18.4 Å². The van der Waals surface area contributed by atoms with Crippen molar-refractivity contribution >= 4 is 26.7 Å². The zero-order valence-corrected chi connectivity index (χ0v) is 15.9. The topological polar surface area (TPSA) is 90.9 Å². The Bertz CT molecular complexity index is 1110. The highest BCUT2D eigenvalue weighted by Gasteiger charge is 2.20. The Hall–Kier alpha value is -2.55. The molecule has 1 aromatic carbocycles. The maximum Gasteiger partial charge on any atom is 0.181 e. The van der Waals surface area contributed by atoms with Crippen LogP contribution in [0.4, 0.5) is 14.6 Å². The molecule has 6 nitrogen and oxygen atoms in total. The molecule has 3 aromatic rings. The van der Waals surface area contributed by atoms with E-state index < -0.39 is 26.4 Å². The van der Waals surface area contributed by atoms with Crippen molar-refractivity contribution in [3.8, 4) is 0 Å². The first kappa shape index (κ1) is 19.2. The first-order chi connectivity index (χ1) is 12.7. The fourth-order valence-corrected chi connectivity index (χ4v) is 4.54. The Balaban J connectivity index is 1.71. The Morgan fingerprint density at radius 1 is 1.19 bits per heavy atom. The number of nitrogens with zero attached hydrogens (tertiary/aromatic N) is 3. The molecule has 2 N–H and O–H groups in total. The number of sulfone groups is 1. The Morgan fingerprint density at radius 2 is 1.93 bits per heavy atom. The Morgan fingerprint density at radius 3 is 2.63 bits per heavy atom. The first-order valence-corrected chi connectivity index (χ1v) is 10.1. The summed E-state index contributed by atoms with van der Waals surface area (Å²) in [5.74, 6) is -0.973. The van der Waals surface area contributed by atoms with Crippen LogP contribution in [0.3, 0.4) is 0 Å². The van der Waals surface area contributed by atoms with Crippen molar-refractivity contribution < 1.29 is 17.2 Å². The second-order valence-corrected chi connectivity index (χ2v) is 8.51. The molecule has 0 aliphatic heterocycles. The van der Waals surface area contributed by atoms with Gasteiger partial charge < -0.3 is 10.3 Å². The van der Waals surface area contributed by atoms with E-state index in [0.717, 1.165) is 29.0 Å². The molecule has 27 heavy (non-hydrogen) atoms. The molecule has 0 saturated carbocycles. The molecule has 0 saturated heterocycles. The van der Waals surface area contributed by atoms with Crippen LogP contribution in [0.5, 0.6) is 0 Å². The highest BCUT2D eigenvalue weighted by atomic mass is 32.2. The Kier molecular flexibility index (Phi) is 5.14. The number of hydrogen-bond donors (Lipinski definition) is 1. The van der Waals surface area contributed by atoms with E-state index in [9.17, 15) is 17.2 Å². The molecule has 0 bridgehead atoms. The zero-order chi connectivity index (χ0) is 19.8. The van der Waals surface area contributed by atoms with Crippen molar-refractivity contribution in [3.63, 3.8) is 0 Å². The molecule has 2 aromatic heterocycles. The van der Waals surface area contributed by atoms with Crippen molar-refractivity contribution in [2.24, 2.45) is 0 Å². The number of rotatable bonds is 6. The summed E-state index contributed by atoms with van der Waals surface area (Å²) in [7, 11) is -3.81. The van der Waals surface area contributed by atoms with Gasteiger partial charge in [0, 0.05) is 18.8 Å². The van der Waals surface area contributed by atoms with E-state index in [0.29, 0.717) is 36.8 Å². The summed E-state index contributed by atoms with van der Waals surface area (Å²) in [4.78, 5) is 8.07. The SMILES string of the molecule is Cc1cnc(N)c2nc(C)n(CCCCS(=O)(=O)c3ccc(F)cc3F)c12. The van der Waals surface area contributed by atoms with E-state index in [4.69, 9.17) is 5.73 Å². The van der Waals surface area contributed by atoms with Gasteiger partial charge in [-0.1, -0.05) is 0 Å². The molecule has 0 aliphatic carbocycles. The number of nitrogen functional groups attached to an aromatic ring is 1. The van der Waals surface area contributed by atoms with Gasteiger partial charge >= 0.3 is 0 Å². The second kappa shape index (κ2) is 7.22. The van der Waals surface area contributed by atoms with Crippen LogP contribution in [-0.4, -0.2) is 28.7 Å². The molecule has 144 valence electrons. The van der Waals surface area contributed by atoms with E-state index in [1.165, 1.54) is 0 Å². The van der Waals surface area contributed by atoms with Crippen LogP contribution in [0, 0.1) is 25.5 Å². The van der Waals surface area contributed by atoms with Gasteiger partial charge in [-0.25, -0.2) is 27.2 Å². The number of fused-ring (bicyclic) bond motifs is 1. The average Bonchev–Trinajstić information content (AvgIpc) is 2.92. The molecule has 0 fully saturated rings. The summed E-state index contributed by atoms with van der Waals surface area (Å²) >= 11 is 0. The summed E-state index contributed by atoms with van der Waals surface area (Å²) in [5.41, 5.74) is 8.33. The quantitative estimate of drug-likeness (QED) is 0.512. The largest absolute Gasteiger partial charge is 0.382 e. The monoisotopic (exact) mass is 394 g/mol. The fraction of sp³-hybridized carbons (Fsp3) is 0.333. The zero-order valence-electron chi connectivity index (χ0n) is 15.0. The van der Waals surface area contributed by atoms with Crippen molar-refractivity contribution in [1.82, 2.24) is 14.5 Å². The fourth-order valence-electron chi connectivity index (χ4n) is 3.10. The number of aromatic nitrogens is 3. The van der Waals surface area contributed by atoms with E-state index in [2.05, 4.69) is 9.97 Å². The predicted molar refractivity (Wildman–Crippen MR) is 99.1 cm³/mol. The molecule has 0 spiro atoms. The summed E-state index contributed by atoms with van der Waals surface area (Å²) < 4.78 is 53.3. The van der Waals surface area contributed by atoms with Crippen LogP contribution >= 0.6 is 0 Å². The van der Waals surface area contributed by atoms with Gasteiger partial charge in [-0.15, -0.1) is 0 Å². The third-order valence-corrected chi connectivity index (χ3v) is 6.27. The van der Waals surface area contributed by atoms with Gasteiger partial charge in [0.2, 0.25) is 0 Å². The summed E-state index contributed by atoms with van der Waals surface area (Å²) in [6, 6.07) is 2.49. The maximum atomic E-state index is 13.7. The molecule has 0 amide bonds. The minimum Gasteiger partial charge on any atom is -0.382 e. The number of aryl methyl sites for hydroxylation is 3. The number of imidazole rings is 1. The highest BCUT2D eigenvalue weighted by Crippen LogP contribution is 2.24. The van der Waals surface area contributed by atoms with Gasteiger partial charge in [0.15, 0.2) is 15.7 Å². The van der Waals surface area contributed by atoms with Gasteiger partial charge in [0.25, 0.3) is 0 Å². The van der Waals surface area contributed by atoms with Crippen LogP contribution in [0.25, 0.3) is 11.0 Å². The van der Waals surface area contributed by atoms with E-state index in [-0.39, 0.29) is 5.75 Å². The molecule has 0 radical (unpaired) electrons. The average molecular weight is 394 g/mol. The summed E-state index contributed by atoms with van der Waals surface area (Å²) in [6.07, 6.45) is 2.56. The standard InChI is InChI=1S/C18H20F2N4O2S/c1-11-10-22-18(21)16-17(11)24(12(2)23-16)7-3-4-8-27(25,26)15-6-5-13(19)9-14(15)20/h5-6,9-10H,3-4,7-8H2,1-2H3,(H2,21,22). The lowest BCUT2D eigenvalue weighted by Gasteiger charge is -2.09. The number of unbranched alkanes of at least 4 members (excludes halogenated alkanes) is 1. The van der Waals surface area contributed by atoms with Crippen molar-refractivity contribution in [1.29, 1.82) is 0 Å². The van der Waals surface area contributed by atoms with Crippen LogP contribution in [0.15, 0.2) is 29.3 Å². The van der Waals surface area contributed by atoms with E-state index in [1.54, 1.807) is 6.20 Å². The number of hydrogen-bond acceptors (Lipinski definition) is 5. The normalized spacial score (nSPS) is 12.0. The smallest absolute Gasteiger partial charge is 0.181 e. The van der Waals surface area contributed by atoms with E-state index >= 15 is 0 Å². The maximum absolute atomic E-state index is 13.7. The summed E-state index contributed by atoms with van der Waals surface area (Å²) in [5, 5.41) is 0. The number of benzene rings is 1. The highest BCUT2D eigenvalue weighted by molar-refractivity contribution is 7.91. The van der Waals surface area contributed by atoms with Crippen molar-refractivity contribution in [2.75, 3.05) is 11.5 Å². The predicted octanol–water partition coefficient (Wildman–Crippen LogP) is 3.16. The molecule has 0 aliphatic rings. The molecule has 2 heterocycles. The third kappa shape index (κ3) is 3.78. The van der Waals surface area contributed by atoms with Crippen molar-refractivity contribution in [3.05, 3.63) is 47.4 Å². The van der Waals surface area contributed by atoms with Gasteiger partial charge in [-0.2, -0.15) is 0 Å². The van der Waals surface area contributed by atoms with Gasteiger partial charge in [0.05, 0.1) is 11.3 Å². The first-order valence-electron chi connectivity index (χ1n) is 8.46. The minimum absolute atomic E-state index is 0.218. The second-order valence-electron chi connectivity index (χ2n) is 6.44. The lowest BCUT2D eigenvalue weighted by molar-refractivity contribution is 0.546. The molecule has 9 heteroatoms. The van der Waals surface area contributed by atoms with Gasteiger partial charge in [-0.3, -0.25) is 0 Å².